The van der Waals surface area contributed by atoms with Crippen LogP contribution < -0.4 is 0 Å². The minimum atomic E-state index is -0.576. The highest BCUT2D eigenvalue weighted by Crippen LogP contribution is 2.13. The molecule has 0 heterocycles. The minimum Gasteiger partial charge on any atom is -0.462 e. The van der Waals surface area contributed by atoms with Gasteiger partial charge >= 0.3 is 11.9 Å². The van der Waals surface area contributed by atoms with Crippen molar-refractivity contribution in [2.24, 2.45) is 0 Å². The number of carbonyl (C=O) groups excluding carboxylic acids is 2. The summed E-state index contributed by atoms with van der Waals surface area (Å²) in [6, 6.07) is 0. The Morgan fingerprint density at radius 1 is 0.411 bits per heavy atom. The standard InChI is InChI=1S/C51H88O5/c1-4-7-10-13-16-19-21-23-25-27-29-31-34-37-40-43-46-54-47-49(56-51(53)45-42-39-36-32-18-15-12-9-6-3)48-55-50(52)44-41-38-35-33-30-28-26-24-22-20-17-14-11-8-5-2/h7,10,16,19,23-26,29,31,37,40,49H,4-6,8-9,11-15,17-18,20-22,27-28,30,32-36,38-39,41-48H2,1-3H3/b10-7-,19-16-,25-23-,26-24-,31-29-,40-37-. The molecule has 0 amide bonds. The molecule has 0 saturated heterocycles. The number of unbranched alkanes of at least 4 members (excludes halogenated alkanes) is 19. The van der Waals surface area contributed by atoms with Crippen molar-refractivity contribution in [3.63, 3.8) is 0 Å². The molecule has 0 rings (SSSR count). The fourth-order valence-corrected chi connectivity index (χ4v) is 6.27. The van der Waals surface area contributed by atoms with Crippen LogP contribution in [0.2, 0.25) is 0 Å². The van der Waals surface area contributed by atoms with E-state index in [-0.39, 0.29) is 25.2 Å². The van der Waals surface area contributed by atoms with Gasteiger partial charge in [0.2, 0.25) is 0 Å². The van der Waals surface area contributed by atoms with Gasteiger partial charge in [0.05, 0.1) is 13.2 Å². The number of allylic oxidation sites excluding steroid dienone is 11. The number of esters is 2. The zero-order chi connectivity index (χ0) is 40.7. The Labute approximate surface area is 347 Å². The molecule has 0 aliphatic rings. The molecule has 56 heavy (non-hydrogen) atoms. The van der Waals surface area contributed by atoms with Crippen molar-refractivity contribution in [2.75, 3.05) is 19.8 Å². The van der Waals surface area contributed by atoms with E-state index in [9.17, 15) is 9.59 Å². The molecule has 0 aliphatic heterocycles. The molecule has 0 spiro atoms. The maximum atomic E-state index is 12.7. The van der Waals surface area contributed by atoms with E-state index in [4.69, 9.17) is 14.2 Å². The van der Waals surface area contributed by atoms with E-state index >= 15 is 0 Å². The van der Waals surface area contributed by atoms with Crippen molar-refractivity contribution in [3.05, 3.63) is 72.9 Å². The molecule has 5 heteroatoms. The minimum absolute atomic E-state index is 0.0507. The second-order valence-corrected chi connectivity index (χ2v) is 15.3. The monoisotopic (exact) mass is 781 g/mol. The second kappa shape index (κ2) is 46.7. The van der Waals surface area contributed by atoms with Crippen molar-refractivity contribution < 1.29 is 23.8 Å². The predicted molar refractivity (Wildman–Crippen MR) is 242 cm³/mol. The normalized spacial score (nSPS) is 12.8. The first-order chi connectivity index (χ1) is 27.6. The molecule has 0 radical (unpaired) electrons. The molecular formula is C51H88O5. The average Bonchev–Trinajstić information content (AvgIpc) is 3.20. The van der Waals surface area contributed by atoms with Crippen LogP contribution >= 0.6 is 0 Å². The molecule has 5 nitrogen and oxygen atoms in total. The zero-order valence-electron chi connectivity index (χ0n) is 36.9. The zero-order valence-corrected chi connectivity index (χ0v) is 36.9. The van der Waals surface area contributed by atoms with Gasteiger partial charge in [-0.25, -0.2) is 0 Å². The summed E-state index contributed by atoms with van der Waals surface area (Å²) in [5.41, 5.74) is 0. The topological polar surface area (TPSA) is 61.8 Å². The Bertz CT molecular complexity index is 1020. The number of rotatable bonds is 42. The summed E-state index contributed by atoms with van der Waals surface area (Å²) in [5, 5.41) is 0. The molecule has 0 N–H and O–H groups in total. The third-order valence-corrected chi connectivity index (χ3v) is 9.75. The van der Waals surface area contributed by atoms with Crippen LogP contribution in [0, 0.1) is 0 Å². The Balaban J connectivity index is 4.34. The van der Waals surface area contributed by atoms with Gasteiger partial charge in [-0.1, -0.05) is 196 Å². The van der Waals surface area contributed by atoms with Gasteiger partial charge < -0.3 is 14.2 Å². The van der Waals surface area contributed by atoms with Crippen LogP contribution in [-0.4, -0.2) is 37.9 Å². The Kier molecular flexibility index (Phi) is 44.5. The van der Waals surface area contributed by atoms with Gasteiger partial charge in [-0.3, -0.25) is 9.59 Å². The van der Waals surface area contributed by atoms with Crippen LogP contribution in [0.15, 0.2) is 72.9 Å². The first-order valence-corrected chi connectivity index (χ1v) is 23.5. The fourth-order valence-electron chi connectivity index (χ4n) is 6.27. The van der Waals surface area contributed by atoms with Crippen LogP contribution in [-0.2, 0) is 23.8 Å². The number of ether oxygens (including phenoxy) is 3. The van der Waals surface area contributed by atoms with Gasteiger partial charge in [0.25, 0.3) is 0 Å². The smallest absolute Gasteiger partial charge is 0.306 e. The third kappa shape index (κ3) is 44.1. The Hall–Kier alpha value is -2.66. The van der Waals surface area contributed by atoms with Crippen LogP contribution in [0.1, 0.15) is 213 Å². The molecule has 0 aliphatic carbocycles. The van der Waals surface area contributed by atoms with E-state index in [0.717, 1.165) is 83.5 Å². The van der Waals surface area contributed by atoms with Crippen molar-refractivity contribution in [2.45, 2.75) is 219 Å². The maximum Gasteiger partial charge on any atom is 0.306 e. The summed E-state index contributed by atoms with van der Waals surface area (Å²) in [4.78, 5) is 25.2. The molecule has 0 bridgehead atoms. The molecule has 0 saturated carbocycles. The highest BCUT2D eigenvalue weighted by Gasteiger charge is 2.17. The van der Waals surface area contributed by atoms with Crippen molar-refractivity contribution >= 4 is 11.9 Å². The lowest BCUT2D eigenvalue weighted by atomic mass is 10.1. The molecule has 1 unspecified atom stereocenters. The number of hydrogen-bond acceptors (Lipinski definition) is 5. The first-order valence-electron chi connectivity index (χ1n) is 23.5. The van der Waals surface area contributed by atoms with Crippen molar-refractivity contribution in [1.29, 1.82) is 0 Å². The largest absolute Gasteiger partial charge is 0.462 e. The molecule has 322 valence electrons. The quantitative estimate of drug-likeness (QED) is 0.0351. The lowest BCUT2D eigenvalue weighted by Crippen LogP contribution is -2.30. The maximum absolute atomic E-state index is 12.7. The van der Waals surface area contributed by atoms with Gasteiger partial charge in [-0.05, 0) is 77.0 Å². The highest BCUT2D eigenvalue weighted by molar-refractivity contribution is 5.70. The fraction of sp³-hybridized carbons (Fsp3) is 0.725. The predicted octanol–water partition coefficient (Wildman–Crippen LogP) is 15.6. The molecular weight excluding hydrogens is 693 g/mol. The molecule has 0 aromatic carbocycles. The van der Waals surface area contributed by atoms with Gasteiger partial charge in [0.15, 0.2) is 6.10 Å². The summed E-state index contributed by atoms with van der Waals surface area (Å²) in [7, 11) is 0. The van der Waals surface area contributed by atoms with Crippen LogP contribution in [0.25, 0.3) is 0 Å². The van der Waals surface area contributed by atoms with E-state index in [1.54, 1.807) is 0 Å². The van der Waals surface area contributed by atoms with Crippen molar-refractivity contribution in [1.82, 2.24) is 0 Å². The Morgan fingerprint density at radius 2 is 0.804 bits per heavy atom. The summed E-state index contributed by atoms with van der Waals surface area (Å²) in [6.07, 6.45) is 59.2. The number of carbonyl (C=O) groups is 2. The van der Waals surface area contributed by atoms with Gasteiger partial charge in [-0.15, -0.1) is 0 Å². The molecule has 0 aromatic rings. The highest BCUT2D eigenvalue weighted by atomic mass is 16.6. The van der Waals surface area contributed by atoms with Crippen molar-refractivity contribution in [3.8, 4) is 0 Å². The van der Waals surface area contributed by atoms with Gasteiger partial charge in [0.1, 0.15) is 6.61 Å². The van der Waals surface area contributed by atoms with Gasteiger partial charge in [0, 0.05) is 12.8 Å². The second-order valence-electron chi connectivity index (χ2n) is 15.3. The van der Waals surface area contributed by atoms with Crippen LogP contribution in [0.4, 0.5) is 0 Å². The third-order valence-electron chi connectivity index (χ3n) is 9.75. The van der Waals surface area contributed by atoms with E-state index in [1.165, 1.54) is 96.3 Å². The molecule has 0 aromatic heterocycles. The lowest BCUT2D eigenvalue weighted by Gasteiger charge is -2.18. The van der Waals surface area contributed by atoms with Crippen LogP contribution in [0.5, 0.6) is 0 Å². The average molecular weight is 781 g/mol. The molecule has 0 fully saturated rings. The van der Waals surface area contributed by atoms with Crippen LogP contribution in [0.3, 0.4) is 0 Å². The van der Waals surface area contributed by atoms with E-state index in [1.807, 2.05) is 0 Å². The molecule has 1 atom stereocenters. The SMILES string of the molecule is CC/C=C\C/C=C\C/C=C\C/C=C\C/C=C\CCOCC(COC(=O)CCCCCCC/C=C\CCCCCCCC)OC(=O)CCCCCCCCCCC. The Morgan fingerprint density at radius 3 is 1.29 bits per heavy atom. The lowest BCUT2D eigenvalue weighted by molar-refractivity contribution is -0.162. The van der Waals surface area contributed by atoms with E-state index in [2.05, 4.69) is 93.7 Å². The van der Waals surface area contributed by atoms with E-state index in [0.29, 0.717) is 19.4 Å². The first kappa shape index (κ1) is 53.3. The number of hydrogen-bond donors (Lipinski definition) is 0. The van der Waals surface area contributed by atoms with Gasteiger partial charge in [-0.2, -0.15) is 0 Å². The van der Waals surface area contributed by atoms with E-state index < -0.39 is 6.10 Å². The summed E-state index contributed by atoms with van der Waals surface area (Å²) < 4.78 is 17.2. The summed E-state index contributed by atoms with van der Waals surface area (Å²) in [5.74, 6) is -0.450. The summed E-state index contributed by atoms with van der Waals surface area (Å²) >= 11 is 0. The summed E-state index contributed by atoms with van der Waals surface area (Å²) in [6.45, 7) is 7.47.